The number of aromatic amines is 2. The lowest BCUT2D eigenvalue weighted by molar-refractivity contribution is 0.0260. The van der Waals surface area contributed by atoms with E-state index in [4.69, 9.17) is 9.97 Å². The molecule has 0 amide bonds. The van der Waals surface area contributed by atoms with E-state index in [9.17, 15) is 10.2 Å². The molecule has 0 fully saturated rings. The SMILES string of the molecule is OC1c2nc(c(-c3ccccc3)c3ccc([nH]3)c(-c3ccccc3)c3nc(c(-c4ccccc4)c4ccc([nH]4)c2-c2ccccc2)C=C3)C1O. The van der Waals surface area contributed by atoms with E-state index in [1.807, 2.05) is 109 Å². The molecule has 9 rings (SSSR count). The molecule has 6 heteroatoms. The van der Waals surface area contributed by atoms with Gasteiger partial charge in [0.15, 0.2) is 0 Å². The smallest absolute Gasteiger partial charge is 0.128 e. The highest BCUT2D eigenvalue weighted by Gasteiger charge is 2.34. The maximum absolute atomic E-state index is 11.8. The van der Waals surface area contributed by atoms with E-state index in [0.717, 1.165) is 66.8 Å². The minimum Gasteiger partial charge on any atom is -0.384 e. The zero-order valence-electron chi connectivity index (χ0n) is 27.0. The molecule has 0 spiro atoms. The third-order valence-electron chi connectivity index (χ3n) is 9.46. The summed E-state index contributed by atoms with van der Waals surface area (Å²) in [7, 11) is 0. The largest absolute Gasteiger partial charge is 0.384 e. The van der Waals surface area contributed by atoms with Crippen LogP contribution in [0.1, 0.15) is 35.0 Å². The Balaban J connectivity index is 1.51. The van der Waals surface area contributed by atoms with E-state index in [0.29, 0.717) is 22.5 Å². The molecule has 0 saturated carbocycles. The number of H-pyrrole nitrogens is 2. The summed E-state index contributed by atoms with van der Waals surface area (Å²) in [4.78, 5) is 17.8. The second-order valence-corrected chi connectivity index (χ2v) is 12.5. The molecule has 2 unspecified atom stereocenters. The molecule has 8 bridgehead atoms. The molecule has 4 N–H and O–H groups in total. The molecule has 50 heavy (non-hydrogen) atoms. The molecular formula is C44H32N4O2. The van der Waals surface area contributed by atoms with Crippen LogP contribution in [0.4, 0.5) is 0 Å². The Kier molecular flexibility index (Phi) is 7.31. The fourth-order valence-electron chi connectivity index (χ4n) is 7.17. The van der Waals surface area contributed by atoms with Gasteiger partial charge in [-0.05, 0) is 58.7 Å². The lowest BCUT2D eigenvalue weighted by atomic mass is 9.97. The van der Waals surface area contributed by atoms with Gasteiger partial charge in [0.05, 0.1) is 22.8 Å². The number of hydrogen-bond acceptors (Lipinski definition) is 4. The Labute approximate surface area is 288 Å². The summed E-state index contributed by atoms with van der Waals surface area (Å²) in [5.41, 5.74) is 12.8. The highest BCUT2D eigenvalue weighted by atomic mass is 16.3. The van der Waals surface area contributed by atoms with Gasteiger partial charge in [0.25, 0.3) is 0 Å². The van der Waals surface area contributed by atoms with Gasteiger partial charge in [0.2, 0.25) is 0 Å². The van der Waals surface area contributed by atoms with Crippen molar-refractivity contribution in [3.05, 3.63) is 168 Å². The molecule has 6 nitrogen and oxygen atoms in total. The number of fused-ring (bicyclic) bond motifs is 8. The fourth-order valence-corrected chi connectivity index (χ4v) is 7.17. The normalized spacial score (nSPS) is 15.3. The number of aliphatic hydroxyl groups is 2. The first-order chi connectivity index (χ1) is 24.6. The molecule has 0 saturated heterocycles. The number of aromatic nitrogens is 4. The van der Waals surface area contributed by atoms with Crippen LogP contribution in [0.3, 0.4) is 0 Å². The standard InChI is InChI=1S/C44H32N4O2/c49-43-41-39(29-17-9-3-10-18-29)35-25-23-33(46-35)37(27-13-5-1-6-14-27)31-21-22-32(45-31)38(28-15-7-2-8-16-28)34-24-26-36(47-34)40(42(48-41)44(43)50)30-19-11-4-12-20-30/h1-26,43-44,46-47,49-50H. The van der Waals surface area contributed by atoms with Crippen molar-refractivity contribution in [2.75, 3.05) is 0 Å². The Morgan fingerprint density at radius 1 is 0.360 bits per heavy atom. The van der Waals surface area contributed by atoms with Crippen LogP contribution in [0.5, 0.6) is 0 Å². The quantitative estimate of drug-likeness (QED) is 0.153. The topological polar surface area (TPSA) is 97.8 Å². The van der Waals surface area contributed by atoms with Crippen LogP contribution < -0.4 is 0 Å². The third-order valence-corrected chi connectivity index (χ3v) is 9.46. The van der Waals surface area contributed by atoms with E-state index in [1.165, 1.54) is 0 Å². The highest BCUT2D eigenvalue weighted by Crippen LogP contribution is 2.44. The van der Waals surface area contributed by atoms with E-state index < -0.39 is 12.2 Å². The van der Waals surface area contributed by atoms with Crippen molar-refractivity contribution in [3.8, 4) is 44.5 Å². The van der Waals surface area contributed by atoms with Crippen molar-refractivity contribution in [2.45, 2.75) is 12.2 Å². The number of aliphatic hydroxyl groups excluding tert-OH is 2. The van der Waals surface area contributed by atoms with Crippen molar-refractivity contribution in [3.63, 3.8) is 0 Å². The molecule has 5 heterocycles. The van der Waals surface area contributed by atoms with Crippen molar-refractivity contribution in [1.82, 2.24) is 19.9 Å². The van der Waals surface area contributed by atoms with E-state index in [1.54, 1.807) is 0 Å². The Hall–Kier alpha value is -6.34. The molecule has 2 aliphatic heterocycles. The van der Waals surface area contributed by atoms with Gasteiger partial charge in [-0.2, -0.15) is 0 Å². The van der Waals surface area contributed by atoms with Gasteiger partial charge >= 0.3 is 0 Å². The minimum absolute atomic E-state index is 0.394. The van der Waals surface area contributed by atoms with Gasteiger partial charge in [-0.1, -0.05) is 121 Å². The van der Waals surface area contributed by atoms with Crippen LogP contribution in [0.25, 0.3) is 78.7 Å². The molecular weight excluding hydrogens is 617 g/mol. The summed E-state index contributed by atoms with van der Waals surface area (Å²) in [6.45, 7) is 0. The fraction of sp³-hybridized carbons (Fsp3) is 0.0455. The average molecular weight is 649 g/mol. The summed E-state index contributed by atoms with van der Waals surface area (Å²) in [5, 5.41) is 23.7. The third kappa shape index (κ3) is 5.06. The van der Waals surface area contributed by atoms with Crippen LogP contribution in [0, 0.1) is 0 Å². The summed E-state index contributed by atoms with van der Waals surface area (Å²) >= 11 is 0. The first kappa shape index (κ1) is 29.8. The highest BCUT2D eigenvalue weighted by molar-refractivity contribution is 5.97. The van der Waals surface area contributed by atoms with Gasteiger partial charge in [0.1, 0.15) is 12.2 Å². The molecule has 0 radical (unpaired) electrons. The molecule has 4 aromatic carbocycles. The second kappa shape index (κ2) is 12.3. The van der Waals surface area contributed by atoms with Crippen LogP contribution in [-0.2, 0) is 0 Å². The zero-order valence-corrected chi connectivity index (χ0v) is 27.0. The summed E-state index contributed by atoms with van der Waals surface area (Å²) < 4.78 is 0. The van der Waals surface area contributed by atoms with Gasteiger partial charge in [-0.15, -0.1) is 0 Å². The summed E-state index contributed by atoms with van der Waals surface area (Å²) in [5.74, 6) is 0. The van der Waals surface area contributed by atoms with Crippen LogP contribution in [-0.4, -0.2) is 30.1 Å². The Morgan fingerprint density at radius 3 is 1.00 bits per heavy atom. The number of benzene rings is 4. The number of rotatable bonds is 4. The number of nitrogens with one attached hydrogen (secondary N) is 2. The lowest BCUT2D eigenvalue weighted by Crippen LogP contribution is -2.05. The van der Waals surface area contributed by atoms with Crippen LogP contribution in [0.15, 0.2) is 146 Å². The predicted octanol–water partition coefficient (Wildman–Crippen LogP) is 9.92. The van der Waals surface area contributed by atoms with Crippen molar-refractivity contribution < 1.29 is 10.2 Å². The average Bonchev–Trinajstić information content (AvgIpc) is 3.99. The van der Waals surface area contributed by atoms with Crippen molar-refractivity contribution >= 4 is 34.2 Å². The molecule has 2 aliphatic rings. The first-order valence-corrected chi connectivity index (χ1v) is 16.7. The molecule has 2 atom stereocenters. The lowest BCUT2D eigenvalue weighted by Gasteiger charge is -2.13. The molecule has 0 aliphatic carbocycles. The van der Waals surface area contributed by atoms with E-state index >= 15 is 0 Å². The zero-order chi connectivity index (χ0) is 33.6. The Bertz CT molecular complexity index is 2380. The van der Waals surface area contributed by atoms with Crippen molar-refractivity contribution in [2.24, 2.45) is 0 Å². The summed E-state index contributed by atoms with van der Waals surface area (Å²) in [6.07, 6.45) is 1.63. The maximum atomic E-state index is 11.8. The van der Waals surface area contributed by atoms with E-state index in [-0.39, 0.29) is 0 Å². The number of nitrogens with zero attached hydrogens (tertiary/aromatic N) is 2. The van der Waals surface area contributed by atoms with Crippen molar-refractivity contribution in [1.29, 1.82) is 0 Å². The first-order valence-electron chi connectivity index (χ1n) is 16.7. The molecule has 240 valence electrons. The van der Waals surface area contributed by atoms with Gasteiger partial charge < -0.3 is 20.2 Å². The Morgan fingerprint density at radius 2 is 0.660 bits per heavy atom. The maximum Gasteiger partial charge on any atom is 0.128 e. The molecule has 7 aromatic rings. The van der Waals surface area contributed by atoms with E-state index in [2.05, 4.69) is 58.5 Å². The van der Waals surface area contributed by atoms with Gasteiger partial charge in [-0.3, -0.25) is 4.98 Å². The molecule has 3 aromatic heterocycles. The van der Waals surface area contributed by atoms with Gasteiger partial charge in [0, 0.05) is 44.3 Å². The second-order valence-electron chi connectivity index (χ2n) is 12.5. The number of hydrogen-bond donors (Lipinski definition) is 4. The van der Waals surface area contributed by atoms with Gasteiger partial charge in [-0.25, -0.2) is 4.98 Å². The van der Waals surface area contributed by atoms with Crippen LogP contribution in [0.2, 0.25) is 0 Å². The van der Waals surface area contributed by atoms with Crippen LogP contribution >= 0.6 is 0 Å². The monoisotopic (exact) mass is 648 g/mol. The predicted molar refractivity (Wildman–Crippen MR) is 202 cm³/mol. The minimum atomic E-state index is -1.27. The summed E-state index contributed by atoms with van der Waals surface area (Å²) in [6, 6.07) is 48.4.